The zero-order valence-electron chi connectivity index (χ0n) is 12.4. The summed E-state index contributed by atoms with van der Waals surface area (Å²) < 4.78 is 0. The van der Waals surface area contributed by atoms with Crippen molar-refractivity contribution in [2.45, 2.75) is 39.2 Å². The third-order valence-electron chi connectivity index (χ3n) is 4.32. The zero-order valence-corrected chi connectivity index (χ0v) is 12.4. The van der Waals surface area contributed by atoms with E-state index in [1.54, 1.807) is 0 Å². The number of benzene rings is 2. The van der Waals surface area contributed by atoms with E-state index >= 15 is 0 Å². The average molecular weight is 265 g/mol. The van der Waals surface area contributed by atoms with Crippen LogP contribution >= 0.6 is 0 Å². The van der Waals surface area contributed by atoms with Crippen molar-refractivity contribution in [3.8, 4) is 0 Å². The summed E-state index contributed by atoms with van der Waals surface area (Å²) in [6.45, 7) is 4.57. The highest BCUT2D eigenvalue weighted by Crippen LogP contribution is 2.36. The number of aryl methyl sites for hydroxylation is 1. The second kappa shape index (κ2) is 5.70. The van der Waals surface area contributed by atoms with Crippen LogP contribution in [0.4, 0.5) is 5.69 Å². The number of para-hydroxylation sites is 1. The van der Waals surface area contributed by atoms with E-state index in [2.05, 4.69) is 67.7 Å². The first-order valence-electron chi connectivity index (χ1n) is 7.71. The Morgan fingerprint density at radius 1 is 1.05 bits per heavy atom. The maximum atomic E-state index is 3.71. The van der Waals surface area contributed by atoms with Crippen molar-refractivity contribution in [3.63, 3.8) is 0 Å². The lowest BCUT2D eigenvalue weighted by Crippen LogP contribution is -2.25. The monoisotopic (exact) mass is 265 g/mol. The molecule has 104 valence electrons. The Bertz CT molecular complexity index is 571. The summed E-state index contributed by atoms with van der Waals surface area (Å²) in [5.41, 5.74) is 5.60. The van der Waals surface area contributed by atoms with Crippen LogP contribution in [-0.2, 0) is 12.8 Å². The summed E-state index contributed by atoms with van der Waals surface area (Å²) in [6.07, 6.45) is 3.55. The lowest BCUT2D eigenvalue weighted by atomic mass is 9.84. The second-order valence-corrected chi connectivity index (χ2v) is 5.95. The number of rotatable bonds is 3. The van der Waals surface area contributed by atoms with Gasteiger partial charge in [-0.2, -0.15) is 0 Å². The van der Waals surface area contributed by atoms with Crippen LogP contribution in [-0.4, -0.2) is 0 Å². The van der Waals surface area contributed by atoms with Crippen LogP contribution in [0.15, 0.2) is 48.5 Å². The predicted molar refractivity (Wildman–Crippen MR) is 86.1 cm³/mol. The number of anilines is 1. The van der Waals surface area contributed by atoms with E-state index < -0.39 is 0 Å². The molecule has 2 aromatic carbocycles. The van der Waals surface area contributed by atoms with Gasteiger partial charge in [0.15, 0.2) is 0 Å². The van der Waals surface area contributed by atoms with Gasteiger partial charge in [-0.05, 0) is 41.5 Å². The molecule has 1 aliphatic rings. The molecule has 0 radical (unpaired) electrons. The van der Waals surface area contributed by atoms with Gasteiger partial charge in [0.25, 0.3) is 0 Å². The summed E-state index contributed by atoms with van der Waals surface area (Å²) in [5.74, 6) is 0.627. The fourth-order valence-electron chi connectivity index (χ4n) is 3.21. The smallest absolute Gasteiger partial charge is 0.0542 e. The number of fused-ring (bicyclic) bond motifs is 1. The second-order valence-electron chi connectivity index (χ2n) is 5.95. The minimum absolute atomic E-state index is 0.431. The number of hydrogen-bond donors (Lipinski definition) is 1. The molecule has 3 rings (SSSR count). The van der Waals surface area contributed by atoms with Gasteiger partial charge in [-0.15, -0.1) is 0 Å². The van der Waals surface area contributed by atoms with Crippen molar-refractivity contribution in [2.75, 3.05) is 5.32 Å². The zero-order chi connectivity index (χ0) is 13.9. The molecular formula is C19H23N. The molecule has 0 spiro atoms. The van der Waals surface area contributed by atoms with Crippen LogP contribution in [0.1, 0.15) is 43.0 Å². The van der Waals surface area contributed by atoms with Gasteiger partial charge in [0, 0.05) is 5.69 Å². The molecule has 1 heteroatoms. The SMILES string of the molecule is CCCc1ccc(C2Nc3ccccc3CC2C)cc1. The molecule has 1 aliphatic heterocycles. The van der Waals surface area contributed by atoms with Crippen LogP contribution in [0, 0.1) is 5.92 Å². The number of nitrogens with one attached hydrogen (secondary N) is 1. The quantitative estimate of drug-likeness (QED) is 0.825. The number of hydrogen-bond acceptors (Lipinski definition) is 1. The molecular weight excluding hydrogens is 242 g/mol. The van der Waals surface area contributed by atoms with Crippen molar-refractivity contribution < 1.29 is 0 Å². The summed E-state index contributed by atoms with van der Waals surface area (Å²) in [4.78, 5) is 0. The summed E-state index contributed by atoms with van der Waals surface area (Å²) in [7, 11) is 0. The minimum Gasteiger partial charge on any atom is -0.378 e. The fourth-order valence-corrected chi connectivity index (χ4v) is 3.21. The molecule has 1 nitrogen and oxygen atoms in total. The molecule has 0 aliphatic carbocycles. The highest BCUT2D eigenvalue weighted by Gasteiger charge is 2.25. The molecule has 20 heavy (non-hydrogen) atoms. The van der Waals surface area contributed by atoms with E-state index in [-0.39, 0.29) is 0 Å². The molecule has 0 aromatic heterocycles. The van der Waals surface area contributed by atoms with Crippen LogP contribution < -0.4 is 5.32 Å². The molecule has 1 N–H and O–H groups in total. The largest absolute Gasteiger partial charge is 0.378 e. The average Bonchev–Trinajstić information content (AvgIpc) is 2.48. The van der Waals surface area contributed by atoms with E-state index in [9.17, 15) is 0 Å². The van der Waals surface area contributed by atoms with Crippen molar-refractivity contribution >= 4 is 5.69 Å². The first-order valence-corrected chi connectivity index (χ1v) is 7.71. The van der Waals surface area contributed by atoms with Crippen LogP contribution in [0.25, 0.3) is 0 Å². The summed E-state index contributed by atoms with van der Waals surface area (Å²) in [6, 6.07) is 18.3. The van der Waals surface area contributed by atoms with Gasteiger partial charge in [0.1, 0.15) is 0 Å². The van der Waals surface area contributed by atoms with E-state index in [0.717, 1.165) is 6.42 Å². The Morgan fingerprint density at radius 2 is 1.80 bits per heavy atom. The van der Waals surface area contributed by atoms with Gasteiger partial charge >= 0.3 is 0 Å². The molecule has 0 amide bonds. The lowest BCUT2D eigenvalue weighted by molar-refractivity contribution is 0.479. The van der Waals surface area contributed by atoms with Gasteiger partial charge in [0.05, 0.1) is 6.04 Å². The van der Waals surface area contributed by atoms with Crippen LogP contribution in [0.2, 0.25) is 0 Å². The van der Waals surface area contributed by atoms with E-state index in [4.69, 9.17) is 0 Å². The van der Waals surface area contributed by atoms with Crippen LogP contribution in [0.3, 0.4) is 0 Å². The van der Waals surface area contributed by atoms with Crippen molar-refractivity contribution in [3.05, 3.63) is 65.2 Å². The Hall–Kier alpha value is -1.76. The van der Waals surface area contributed by atoms with Gasteiger partial charge in [-0.1, -0.05) is 62.7 Å². The predicted octanol–water partition coefficient (Wildman–Crippen LogP) is 4.98. The summed E-state index contributed by atoms with van der Waals surface area (Å²) in [5, 5.41) is 3.71. The van der Waals surface area contributed by atoms with Gasteiger partial charge in [0.2, 0.25) is 0 Å². The van der Waals surface area contributed by atoms with E-state index in [0.29, 0.717) is 12.0 Å². The molecule has 0 fully saturated rings. The maximum Gasteiger partial charge on any atom is 0.0542 e. The van der Waals surface area contributed by atoms with Gasteiger partial charge < -0.3 is 5.32 Å². The van der Waals surface area contributed by atoms with Crippen molar-refractivity contribution in [1.29, 1.82) is 0 Å². The Labute approximate surface area is 122 Å². The van der Waals surface area contributed by atoms with Crippen molar-refractivity contribution in [1.82, 2.24) is 0 Å². The molecule has 0 saturated carbocycles. The first kappa shape index (κ1) is 13.2. The van der Waals surface area contributed by atoms with Crippen LogP contribution in [0.5, 0.6) is 0 Å². The molecule has 0 bridgehead atoms. The molecule has 0 saturated heterocycles. The molecule has 2 aromatic rings. The van der Waals surface area contributed by atoms with Crippen molar-refractivity contribution in [2.24, 2.45) is 5.92 Å². The Kier molecular flexibility index (Phi) is 3.77. The lowest BCUT2D eigenvalue weighted by Gasteiger charge is -2.33. The highest BCUT2D eigenvalue weighted by atomic mass is 14.9. The molecule has 2 unspecified atom stereocenters. The Morgan fingerprint density at radius 3 is 2.55 bits per heavy atom. The Balaban J connectivity index is 1.83. The topological polar surface area (TPSA) is 12.0 Å². The van der Waals surface area contributed by atoms with E-state index in [1.807, 2.05) is 0 Å². The fraction of sp³-hybridized carbons (Fsp3) is 0.368. The summed E-state index contributed by atoms with van der Waals surface area (Å²) >= 11 is 0. The normalized spacial score (nSPS) is 21.1. The van der Waals surface area contributed by atoms with E-state index in [1.165, 1.54) is 35.2 Å². The third-order valence-corrected chi connectivity index (χ3v) is 4.32. The van der Waals surface area contributed by atoms with Gasteiger partial charge in [-0.3, -0.25) is 0 Å². The highest BCUT2D eigenvalue weighted by molar-refractivity contribution is 5.55. The maximum absolute atomic E-state index is 3.71. The molecule has 1 heterocycles. The standard InChI is InChI=1S/C19H23N/c1-3-6-15-9-11-16(12-10-15)19-14(2)13-17-7-4-5-8-18(17)20-19/h4-5,7-12,14,19-20H,3,6,13H2,1-2H3. The third kappa shape index (κ3) is 2.58. The van der Waals surface area contributed by atoms with Gasteiger partial charge in [-0.25, -0.2) is 0 Å². The minimum atomic E-state index is 0.431. The first-order chi connectivity index (χ1) is 9.78. The molecule has 2 atom stereocenters.